The van der Waals surface area contributed by atoms with E-state index in [1.807, 2.05) is 18.2 Å². The molecule has 0 unspecified atom stereocenters. The molecule has 2 nitrogen and oxygen atoms in total. The van der Waals surface area contributed by atoms with Crippen LogP contribution in [0.25, 0.3) is 0 Å². The zero-order valence-electron chi connectivity index (χ0n) is 12.5. The van der Waals surface area contributed by atoms with Gasteiger partial charge in [0.15, 0.2) is 0 Å². The van der Waals surface area contributed by atoms with Crippen molar-refractivity contribution in [1.82, 2.24) is 0 Å². The van der Waals surface area contributed by atoms with Crippen LogP contribution in [0.4, 0.5) is 17.1 Å². The Morgan fingerprint density at radius 1 is 0.750 bits per heavy atom. The molecule has 0 spiro atoms. The van der Waals surface area contributed by atoms with E-state index in [1.165, 1.54) is 18.5 Å². The number of nitrogens with zero attached hydrogens (tertiary/aromatic N) is 1. The van der Waals surface area contributed by atoms with Crippen molar-refractivity contribution >= 4 is 17.1 Å². The van der Waals surface area contributed by atoms with Crippen LogP contribution in [0, 0.1) is 0 Å². The van der Waals surface area contributed by atoms with Gasteiger partial charge in [0, 0.05) is 30.2 Å². The first-order valence-corrected chi connectivity index (χ1v) is 7.50. The van der Waals surface area contributed by atoms with Crippen LogP contribution in [0.5, 0.6) is 0 Å². The van der Waals surface area contributed by atoms with Gasteiger partial charge in [-0.3, -0.25) is 0 Å². The maximum atomic E-state index is 3.42. The van der Waals surface area contributed by atoms with Crippen LogP contribution in [0.2, 0.25) is 0 Å². The van der Waals surface area contributed by atoms with Crippen molar-refractivity contribution in [1.29, 1.82) is 0 Å². The molecule has 2 heteroatoms. The summed E-state index contributed by atoms with van der Waals surface area (Å²) in [5, 5.41) is 3.42. The van der Waals surface area contributed by atoms with E-state index in [-0.39, 0.29) is 0 Å². The van der Waals surface area contributed by atoms with Crippen LogP contribution in [0.1, 0.15) is 26.7 Å². The molecule has 0 amide bonds. The summed E-state index contributed by atoms with van der Waals surface area (Å²) in [6, 6.07) is 19.0. The van der Waals surface area contributed by atoms with E-state index >= 15 is 0 Å². The lowest BCUT2D eigenvalue weighted by Gasteiger charge is -2.24. The smallest absolute Gasteiger partial charge is 0.0385 e. The average Bonchev–Trinajstić information content (AvgIpc) is 2.49. The zero-order chi connectivity index (χ0) is 14.2. The van der Waals surface area contributed by atoms with Gasteiger partial charge in [-0.1, -0.05) is 32.0 Å². The standard InChI is InChI=1S/C18H24N2/c1-3-14-20(15-4-2)18-12-10-17(11-13-18)19-16-8-6-5-7-9-16/h5-13,19H,3-4,14-15H2,1-2H3. The SMILES string of the molecule is CCCN(CCC)c1ccc(Nc2ccccc2)cc1. The molecule has 0 aliphatic rings. The second kappa shape index (κ2) is 7.59. The summed E-state index contributed by atoms with van der Waals surface area (Å²) in [5.41, 5.74) is 3.57. The largest absolute Gasteiger partial charge is 0.372 e. The molecule has 2 rings (SSSR count). The normalized spacial score (nSPS) is 10.3. The second-order valence-electron chi connectivity index (χ2n) is 5.02. The summed E-state index contributed by atoms with van der Waals surface area (Å²) in [5.74, 6) is 0. The van der Waals surface area contributed by atoms with Crippen molar-refractivity contribution in [3.63, 3.8) is 0 Å². The third-order valence-corrected chi connectivity index (χ3v) is 3.28. The molecule has 20 heavy (non-hydrogen) atoms. The lowest BCUT2D eigenvalue weighted by Crippen LogP contribution is -2.24. The molecular formula is C18H24N2. The Balaban J connectivity index is 2.05. The number of hydrogen-bond donors (Lipinski definition) is 1. The van der Waals surface area contributed by atoms with Gasteiger partial charge in [-0.25, -0.2) is 0 Å². The highest BCUT2D eigenvalue weighted by molar-refractivity contribution is 5.62. The van der Waals surface area contributed by atoms with E-state index in [0.29, 0.717) is 0 Å². The van der Waals surface area contributed by atoms with Gasteiger partial charge in [0.05, 0.1) is 0 Å². The van der Waals surface area contributed by atoms with E-state index in [4.69, 9.17) is 0 Å². The zero-order valence-corrected chi connectivity index (χ0v) is 12.5. The number of hydrogen-bond acceptors (Lipinski definition) is 2. The van der Waals surface area contributed by atoms with Gasteiger partial charge in [-0.15, -0.1) is 0 Å². The second-order valence-corrected chi connectivity index (χ2v) is 5.02. The van der Waals surface area contributed by atoms with E-state index in [1.54, 1.807) is 0 Å². The van der Waals surface area contributed by atoms with Crippen LogP contribution in [-0.4, -0.2) is 13.1 Å². The summed E-state index contributed by atoms with van der Waals surface area (Å²) in [6.07, 6.45) is 2.37. The first kappa shape index (κ1) is 14.4. The predicted octanol–water partition coefficient (Wildman–Crippen LogP) is 5.06. The van der Waals surface area contributed by atoms with Gasteiger partial charge in [-0.05, 0) is 49.2 Å². The molecule has 0 bridgehead atoms. The molecule has 2 aromatic rings. The summed E-state index contributed by atoms with van der Waals surface area (Å²) >= 11 is 0. The van der Waals surface area contributed by atoms with Crippen molar-refractivity contribution in [2.45, 2.75) is 26.7 Å². The van der Waals surface area contributed by atoms with E-state index in [2.05, 4.69) is 60.5 Å². The Labute approximate surface area is 122 Å². The van der Waals surface area contributed by atoms with Crippen molar-refractivity contribution in [2.75, 3.05) is 23.3 Å². The summed E-state index contributed by atoms with van der Waals surface area (Å²) in [7, 11) is 0. The molecule has 0 saturated heterocycles. The first-order valence-electron chi connectivity index (χ1n) is 7.50. The fraction of sp³-hybridized carbons (Fsp3) is 0.333. The summed E-state index contributed by atoms with van der Waals surface area (Å²) < 4.78 is 0. The molecule has 0 atom stereocenters. The number of nitrogens with one attached hydrogen (secondary N) is 1. The fourth-order valence-corrected chi connectivity index (χ4v) is 2.35. The summed E-state index contributed by atoms with van der Waals surface area (Å²) in [4.78, 5) is 2.45. The monoisotopic (exact) mass is 268 g/mol. The van der Waals surface area contributed by atoms with Gasteiger partial charge in [-0.2, -0.15) is 0 Å². The first-order chi connectivity index (χ1) is 9.83. The quantitative estimate of drug-likeness (QED) is 0.755. The fourth-order valence-electron chi connectivity index (χ4n) is 2.35. The van der Waals surface area contributed by atoms with E-state index < -0.39 is 0 Å². The Bertz CT molecular complexity index is 485. The summed E-state index contributed by atoms with van der Waals surface area (Å²) in [6.45, 7) is 6.71. The molecule has 1 N–H and O–H groups in total. The minimum Gasteiger partial charge on any atom is -0.372 e. The van der Waals surface area contributed by atoms with Crippen LogP contribution in [0.15, 0.2) is 54.6 Å². The molecule has 0 aliphatic heterocycles. The number of anilines is 3. The number of rotatable bonds is 7. The van der Waals surface area contributed by atoms with Crippen LogP contribution in [0.3, 0.4) is 0 Å². The van der Waals surface area contributed by atoms with Crippen molar-refractivity contribution in [3.05, 3.63) is 54.6 Å². The lowest BCUT2D eigenvalue weighted by molar-refractivity contribution is 0.745. The molecule has 0 fully saturated rings. The van der Waals surface area contributed by atoms with Crippen molar-refractivity contribution in [2.24, 2.45) is 0 Å². The highest BCUT2D eigenvalue weighted by Gasteiger charge is 2.04. The lowest BCUT2D eigenvalue weighted by atomic mass is 10.2. The maximum absolute atomic E-state index is 3.42. The van der Waals surface area contributed by atoms with Crippen molar-refractivity contribution < 1.29 is 0 Å². The molecule has 106 valence electrons. The molecule has 0 aromatic heterocycles. The average molecular weight is 268 g/mol. The van der Waals surface area contributed by atoms with Crippen LogP contribution < -0.4 is 10.2 Å². The molecule has 0 heterocycles. The van der Waals surface area contributed by atoms with Crippen molar-refractivity contribution in [3.8, 4) is 0 Å². The van der Waals surface area contributed by atoms with Crippen LogP contribution >= 0.6 is 0 Å². The molecule has 2 aromatic carbocycles. The maximum Gasteiger partial charge on any atom is 0.0385 e. The highest BCUT2D eigenvalue weighted by Crippen LogP contribution is 2.21. The predicted molar refractivity (Wildman–Crippen MR) is 89.0 cm³/mol. The minimum atomic E-state index is 1.12. The molecular weight excluding hydrogens is 244 g/mol. The van der Waals surface area contributed by atoms with Gasteiger partial charge in [0.1, 0.15) is 0 Å². The third-order valence-electron chi connectivity index (χ3n) is 3.28. The van der Waals surface area contributed by atoms with Gasteiger partial charge < -0.3 is 10.2 Å². The number of benzene rings is 2. The van der Waals surface area contributed by atoms with Gasteiger partial charge in [0.25, 0.3) is 0 Å². The molecule has 0 aliphatic carbocycles. The minimum absolute atomic E-state index is 1.12. The molecule has 0 saturated carbocycles. The van der Waals surface area contributed by atoms with Gasteiger partial charge >= 0.3 is 0 Å². The van der Waals surface area contributed by atoms with E-state index in [0.717, 1.165) is 24.5 Å². The third kappa shape index (κ3) is 4.02. The topological polar surface area (TPSA) is 15.3 Å². The Hall–Kier alpha value is -1.96. The Kier molecular flexibility index (Phi) is 5.48. The highest BCUT2D eigenvalue weighted by atomic mass is 15.1. The van der Waals surface area contributed by atoms with Crippen LogP contribution in [-0.2, 0) is 0 Å². The van der Waals surface area contributed by atoms with Gasteiger partial charge in [0.2, 0.25) is 0 Å². The Morgan fingerprint density at radius 3 is 1.85 bits per heavy atom. The molecule has 0 radical (unpaired) electrons. The van der Waals surface area contributed by atoms with E-state index in [9.17, 15) is 0 Å². The number of para-hydroxylation sites is 1. The Morgan fingerprint density at radius 2 is 1.30 bits per heavy atom.